The lowest BCUT2D eigenvalue weighted by molar-refractivity contribution is 0.0907. The Labute approximate surface area is 138 Å². The van der Waals surface area contributed by atoms with E-state index in [1.165, 1.54) is 12.5 Å². The van der Waals surface area contributed by atoms with Gasteiger partial charge < -0.3 is 11.1 Å². The second-order valence-corrected chi connectivity index (χ2v) is 6.15. The second-order valence-electron chi connectivity index (χ2n) is 4.99. The second kappa shape index (κ2) is 8.14. The summed E-state index contributed by atoms with van der Waals surface area (Å²) in [7, 11) is 0. The Morgan fingerprint density at radius 1 is 1.40 bits per heavy atom. The van der Waals surface area contributed by atoms with Crippen molar-refractivity contribution in [1.82, 2.24) is 5.32 Å². The van der Waals surface area contributed by atoms with Crippen LogP contribution in [0.2, 0.25) is 0 Å². The number of nitrogens with one attached hydrogen (secondary N) is 1. The van der Waals surface area contributed by atoms with Gasteiger partial charge in [-0.2, -0.15) is 0 Å². The van der Waals surface area contributed by atoms with Crippen molar-refractivity contribution in [3.8, 4) is 0 Å². The molecule has 0 spiro atoms. The summed E-state index contributed by atoms with van der Waals surface area (Å²) >= 11 is 1.91. The fraction of sp³-hybridized carbons (Fsp3) is 0.500. The maximum Gasteiger partial charge on any atom is 0.251 e. The van der Waals surface area contributed by atoms with Crippen molar-refractivity contribution in [3.63, 3.8) is 0 Å². The molecule has 1 aromatic rings. The lowest BCUT2D eigenvalue weighted by Crippen LogP contribution is -2.44. The molecule has 0 aromatic heterocycles. The molecular formula is C14H19ClFIN2O. The van der Waals surface area contributed by atoms with Crippen LogP contribution in [0.3, 0.4) is 0 Å². The van der Waals surface area contributed by atoms with E-state index in [9.17, 15) is 9.18 Å². The molecule has 20 heavy (non-hydrogen) atoms. The number of amides is 1. The Hall–Kier alpha value is -0.400. The van der Waals surface area contributed by atoms with Gasteiger partial charge in [-0.05, 0) is 66.1 Å². The highest BCUT2D eigenvalue weighted by Crippen LogP contribution is 2.24. The van der Waals surface area contributed by atoms with E-state index in [2.05, 4.69) is 5.32 Å². The summed E-state index contributed by atoms with van der Waals surface area (Å²) < 4.78 is 14.0. The topological polar surface area (TPSA) is 55.1 Å². The van der Waals surface area contributed by atoms with Gasteiger partial charge in [-0.1, -0.05) is 12.8 Å². The first-order valence-corrected chi connectivity index (χ1v) is 7.65. The highest BCUT2D eigenvalue weighted by molar-refractivity contribution is 14.1. The van der Waals surface area contributed by atoms with Crippen LogP contribution in [-0.4, -0.2) is 18.5 Å². The normalized spacial score (nSPS) is 21.9. The molecule has 0 radical (unpaired) electrons. The van der Waals surface area contributed by atoms with E-state index >= 15 is 0 Å². The number of benzene rings is 1. The van der Waals surface area contributed by atoms with Crippen molar-refractivity contribution in [2.45, 2.75) is 31.7 Å². The maximum atomic E-state index is 13.5. The van der Waals surface area contributed by atoms with Crippen LogP contribution in [0.15, 0.2) is 18.2 Å². The fourth-order valence-electron chi connectivity index (χ4n) is 2.57. The van der Waals surface area contributed by atoms with Crippen LogP contribution < -0.4 is 11.1 Å². The van der Waals surface area contributed by atoms with Gasteiger partial charge in [0.2, 0.25) is 0 Å². The predicted molar refractivity (Wildman–Crippen MR) is 88.6 cm³/mol. The first-order chi connectivity index (χ1) is 9.11. The third-order valence-electron chi connectivity index (χ3n) is 3.71. The number of carbonyl (C=O) groups is 1. The molecular weight excluding hydrogens is 394 g/mol. The third kappa shape index (κ3) is 4.30. The van der Waals surface area contributed by atoms with E-state index in [1.54, 1.807) is 12.1 Å². The van der Waals surface area contributed by atoms with Crippen molar-refractivity contribution in [1.29, 1.82) is 0 Å². The molecule has 1 saturated carbocycles. The molecule has 1 aromatic carbocycles. The summed E-state index contributed by atoms with van der Waals surface area (Å²) in [5.74, 6) is -0.223. The Balaban J connectivity index is 0.00000200. The summed E-state index contributed by atoms with van der Waals surface area (Å²) in [6.45, 7) is 0.589. The standard InChI is InChI=1S/C14H18FIN2O.ClH/c15-11-7-9(5-6-12(11)16)14(19)18-13-4-2-1-3-10(13)8-17;/h5-7,10,13H,1-4,8,17H2,(H,18,19);1H. The van der Waals surface area contributed by atoms with E-state index < -0.39 is 0 Å². The molecule has 0 saturated heterocycles. The van der Waals surface area contributed by atoms with Gasteiger partial charge in [0.05, 0.1) is 0 Å². The molecule has 0 aliphatic heterocycles. The minimum atomic E-state index is -0.354. The molecule has 3 nitrogen and oxygen atoms in total. The molecule has 1 aliphatic carbocycles. The number of rotatable bonds is 3. The Kier molecular flexibility index (Phi) is 7.19. The molecule has 2 atom stereocenters. The average Bonchev–Trinajstić information content (AvgIpc) is 2.42. The van der Waals surface area contributed by atoms with Gasteiger partial charge in [0.25, 0.3) is 5.91 Å². The van der Waals surface area contributed by atoms with Crippen LogP contribution in [0.1, 0.15) is 36.0 Å². The zero-order chi connectivity index (χ0) is 13.8. The minimum Gasteiger partial charge on any atom is -0.349 e. The first kappa shape index (κ1) is 17.7. The van der Waals surface area contributed by atoms with Gasteiger partial charge in [0, 0.05) is 15.2 Å². The number of hydrogen-bond acceptors (Lipinski definition) is 2. The Morgan fingerprint density at radius 3 is 2.75 bits per heavy atom. The summed E-state index contributed by atoms with van der Waals surface area (Å²) in [5, 5.41) is 2.99. The van der Waals surface area contributed by atoms with E-state index in [-0.39, 0.29) is 30.2 Å². The van der Waals surface area contributed by atoms with Crippen LogP contribution >= 0.6 is 35.0 Å². The van der Waals surface area contributed by atoms with Crippen LogP contribution in [-0.2, 0) is 0 Å². The summed E-state index contributed by atoms with van der Waals surface area (Å²) in [6.07, 6.45) is 4.30. The van der Waals surface area contributed by atoms with Crippen molar-refractivity contribution in [2.24, 2.45) is 11.7 Å². The van der Waals surface area contributed by atoms with Gasteiger partial charge in [-0.25, -0.2) is 4.39 Å². The number of nitrogens with two attached hydrogens (primary N) is 1. The van der Waals surface area contributed by atoms with Gasteiger partial charge in [-0.15, -0.1) is 12.4 Å². The molecule has 112 valence electrons. The minimum absolute atomic E-state index is 0. The Bertz CT molecular complexity index is 472. The molecule has 0 heterocycles. The summed E-state index contributed by atoms with van der Waals surface area (Å²) in [6, 6.07) is 4.68. The molecule has 0 bridgehead atoms. The zero-order valence-electron chi connectivity index (χ0n) is 11.1. The highest BCUT2D eigenvalue weighted by atomic mass is 127. The zero-order valence-corrected chi connectivity index (χ0v) is 14.0. The van der Waals surface area contributed by atoms with E-state index in [0.29, 0.717) is 21.6 Å². The maximum absolute atomic E-state index is 13.5. The van der Waals surface area contributed by atoms with Crippen molar-refractivity contribution in [3.05, 3.63) is 33.1 Å². The molecule has 1 amide bonds. The molecule has 1 fully saturated rings. The van der Waals surface area contributed by atoms with Crippen molar-refractivity contribution in [2.75, 3.05) is 6.54 Å². The summed E-state index contributed by atoms with van der Waals surface area (Å²) in [4.78, 5) is 12.1. The van der Waals surface area contributed by atoms with E-state index in [0.717, 1.165) is 19.3 Å². The average molecular weight is 413 g/mol. The summed E-state index contributed by atoms with van der Waals surface area (Å²) in [5.41, 5.74) is 6.11. The smallest absolute Gasteiger partial charge is 0.251 e. The molecule has 6 heteroatoms. The van der Waals surface area contributed by atoms with E-state index in [1.807, 2.05) is 22.6 Å². The predicted octanol–water partition coefficient (Wildman–Crippen LogP) is 3.10. The van der Waals surface area contributed by atoms with Gasteiger partial charge >= 0.3 is 0 Å². The van der Waals surface area contributed by atoms with Crippen molar-refractivity contribution >= 4 is 40.9 Å². The number of hydrogen-bond donors (Lipinski definition) is 2. The molecule has 2 unspecified atom stereocenters. The van der Waals surface area contributed by atoms with Crippen LogP contribution in [0.4, 0.5) is 4.39 Å². The molecule has 3 N–H and O–H groups in total. The van der Waals surface area contributed by atoms with Crippen LogP contribution in [0.25, 0.3) is 0 Å². The lowest BCUT2D eigenvalue weighted by Gasteiger charge is -2.31. The number of carbonyl (C=O) groups excluding carboxylic acids is 1. The van der Waals surface area contributed by atoms with Gasteiger partial charge in [0.1, 0.15) is 5.82 Å². The largest absolute Gasteiger partial charge is 0.349 e. The lowest BCUT2D eigenvalue weighted by atomic mass is 9.84. The van der Waals surface area contributed by atoms with Crippen LogP contribution in [0.5, 0.6) is 0 Å². The van der Waals surface area contributed by atoms with E-state index in [4.69, 9.17) is 5.73 Å². The number of halogens is 3. The van der Waals surface area contributed by atoms with Crippen LogP contribution in [0, 0.1) is 15.3 Å². The van der Waals surface area contributed by atoms with Gasteiger partial charge in [0.15, 0.2) is 0 Å². The van der Waals surface area contributed by atoms with Crippen molar-refractivity contribution < 1.29 is 9.18 Å². The third-order valence-corrected chi connectivity index (χ3v) is 4.58. The SMILES string of the molecule is Cl.NCC1CCCCC1NC(=O)c1ccc(I)c(F)c1. The monoisotopic (exact) mass is 412 g/mol. The molecule has 2 rings (SSSR count). The molecule has 1 aliphatic rings. The Morgan fingerprint density at radius 2 is 2.10 bits per heavy atom. The quantitative estimate of drug-likeness (QED) is 0.750. The van der Waals surface area contributed by atoms with Gasteiger partial charge in [-0.3, -0.25) is 4.79 Å². The fourth-order valence-corrected chi connectivity index (χ4v) is 2.90. The first-order valence-electron chi connectivity index (χ1n) is 6.58. The highest BCUT2D eigenvalue weighted by Gasteiger charge is 2.25.